The number of rotatable bonds is 3. The normalized spacial score (nSPS) is 12.3. The predicted octanol–water partition coefficient (Wildman–Crippen LogP) is 1.87. The molecule has 5 N–H and O–H groups in total. The fourth-order valence-corrected chi connectivity index (χ4v) is 1.79. The van der Waals surface area contributed by atoms with Crippen LogP contribution >= 0.6 is 0 Å². The third-order valence-electron chi connectivity index (χ3n) is 2.73. The average molecular weight is 247 g/mol. The standard InChI is InChI=1S/C13H13NO4/c15-10-7-6-9(12(16)13(10)17)11(14-18)8-4-2-1-3-5-8/h1-7,11,14-18H. The number of benzene rings is 2. The van der Waals surface area contributed by atoms with Crippen LogP contribution in [0, 0.1) is 0 Å². The topological polar surface area (TPSA) is 93.0 Å². The van der Waals surface area contributed by atoms with Crippen molar-refractivity contribution in [2.75, 3.05) is 0 Å². The summed E-state index contributed by atoms with van der Waals surface area (Å²) in [6, 6.07) is 10.9. The van der Waals surface area contributed by atoms with Gasteiger partial charge >= 0.3 is 0 Å². The summed E-state index contributed by atoms with van der Waals surface area (Å²) in [5.74, 6) is -1.49. The fourth-order valence-electron chi connectivity index (χ4n) is 1.79. The lowest BCUT2D eigenvalue weighted by Crippen LogP contribution is -2.18. The first-order valence-electron chi connectivity index (χ1n) is 5.33. The predicted molar refractivity (Wildman–Crippen MR) is 64.6 cm³/mol. The molecule has 0 amide bonds. The molecule has 0 fully saturated rings. The van der Waals surface area contributed by atoms with Gasteiger partial charge < -0.3 is 20.5 Å². The van der Waals surface area contributed by atoms with Crippen LogP contribution in [0.25, 0.3) is 0 Å². The molecule has 0 saturated carbocycles. The molecule has 0 aliphatic heterocycles. The highest BCUT2D eigenvalue weighted by atomic mass is 16.5. The van der Waals surface area contributed by atoms with E-state index in [1.54, 1.807) is 24.3 Å². The van der Waals surface area contributed by atoms with Crippen molar-refractivity contribution in [2.24, 2.45) is 0 Å². The summed E-state index contributed by atoms with van der Waals surface area (Å²) in [7, 11) is 0. The van der Waals surface area contributed by atoms with Gasteiger partial charge in [0.05, 0.1) is 6.04 Å². The Bertz CT molecular complexity index is 542. The van der Waals surface area contributed by atoms with Gasteiger partial charge in [0, 0.05) is 5.56 Å². The van der Waals surface area contributed by atoms with Crippen LogP contribution in [0.15, 0.2) is 42.5 Å². The lowest BCUT2D eigenvalue weighted by Gasteiger charge is -2.18. The van der Waals surface area contributed by atoms with Crippen LogP contribution in [0.5, 0.6) is 17.2 Å². The molecule has 0 heterocycles. The number of aromatic hydroxyl groups is 3. The fraction of sp³-hybridized carbons (Fsp3) is 0.0769. The van der Waals surface area contributed by atoms with Crippen molar-refractivity contribution in [2.45, 2.75) is 6.04 Å². The summed E-state index contributed by atoms with van der Waals surface area (Å²) >= 11 is 0. The quantitative estimate of drug-likeness (QED) is 0.422. The maximum atomic E-state index is 9.78. The van der Waals surface area contributed by atoms with E-state index in [4.69, 9.17) is 0 Å². The van der Waals surface area contributed by atoms with Gasteiger partial charge in [-0.25, -0.2) is 0 Å². The molecule has 0 spiro atoms. The smallest absolute Gasteiger partial charge is 0.200 e. The highest BCUT2D eigenvalue weighted by Crippen LogP contribution is 2.41. The van der Waals surface area contributed by atoms with E-state index in [0.717, 1.165) is 0 Å². The molecule has 0 bridgehead atoms. The second kappa shape index (κ2) is 4.95. The Hall–Kier alpha value is -2.24. The second-order valence-corrected chi connectivity index (χ2v) is 3.84. The zero-order valence-electron chi connectivity index (χ0n) is 9.41. The van der Waals surface area contributed by atoms with Gasteiger partial charge in [-0.05, 0) is 17.7 Å². The lowest BCUT2D eigenvalue weighted by molar-refractivity contribution is 0.139. The molecule has 0 saturated heterocycles. The molecule has 2 aromatic carbocycles. The summed E-state index contributed by atoms with van der Waals surface area (Å²) < 4.78 is 0. The highest BCUT2D eigenvalue weighted by Gasteiger charge is 2.20. The van der Waals surface area contributed by atoms with Crippen molar-refractivity contribution in [3.05, 3.63) is 53.6 Å². The van der Waals surface area contributed by atoms with Gasteiger partial charge in [0.2, 0.25) is 5.75 Å². The van der Waals surface area contributed by atoms with Crippen molar-refractivity contribution in [1.82, 2.24) is 5.48 Å². The van der Waals surface area contributed by atoms with E-state index in [1.165, 1.54) is 12.1 Å². The Morgan fingerprint density at radius 1 is 0.833 bits per heavy atom. The largest absolute Gasteiger partial charge is 0.504 e. The van der Waals surface area contributed by atoms with Crippen molar-refractivity contribution < 1.29 is 20.5 Å². The Morgan fingerprint density at radius 2 is 1.50 bits per heavy atom. The molecular weight excluding hydrogens is 234 g/mol. The summed E-state index contributed by atoms with van der Waals surface area (Å²) in [5.41, 5.74) is 3.04. The minimum atomic E-state index is -0.697. The van der Waals surface area contributed by atoms with E-state index in [9.17, 15) is 20.5 Å². The molecule has 5 heteroatoms. The third-order valence-corrected chi connectivity index (χ3v) is 2.73. The van der Waals surface area contributed by atoms with Gasteiger partial charge in [-0.15, -0.1) is 0 Å². The summed E-state index contributed by atoms with van der Waals surface area (Å²) in [4.78, 5) is 0. The molecule has 1 unspecified atom stereocenters. The first-order chi connectivity index (χ1) is 8.65. The van der Waals surface area contributed by atoms with Crippen LogP contribution in [-0.2, 0) is 0 Å². The molecular formula is C13H13NO4. The Kier molecular flexibility index (Phi) is 3.36. The van der Waals surface area contributed by atoms with Gasteiger partial charge in [-0.3, -0.25) is 0 Å². The Morgan fingerprint density at radius 3 is 2.11 bits per heavy atom. The van der Waals surface area contributed by atoms with E-state index < -0.39 is 23.3 Å². The number of phenolic OH excluding ortho intramolecular Hbond substituents is 3. The van der Waals surface area contributed by atoms with E-state index in [-0.39, 0.29) is 5.56 Å². The van der Waals surface area contributed by atoms with Crippen molar-refractivity contribution in [3.63, 3.8) is 0 Å². The Balaban J connectivity index is 2.50. The van der Waals surface area contributed by atoms with Crippen LogP contribution in [0.4, 0.5) is 0 Å². The van der Waals surface area contributed by atoms with Gasteiger partial charge in [-0.1, -0.05) is 30.3 Å². The van der Waals surface area contributed by atoms with E-state index in [2.05, 4.69) is 5.48 Å². The number of hydrogen-bond acceptors (Lipinski definition) is 5. The maximum Gasteiger partial charge on any atom is 0.200 e. The van der Waals surface area contributed by atoms with Gasteiger partial charge in [0.1, 0.15) is 0 Å². The number of nitrogens with one attached hydrogen (secondary N) is 1. The van der Waals surface area contributed by atoms with Crippen LogP contribution in [0.3, 0.4) is 0 Å². The van der Waals surface area contributed by atoms with E-state index in [0.29, 0.717) is 5.56 Å². The highest BCUT2D eigenvalue weighted by molar-refractivity contribution is 5.55. The minimum Gasteiger partial charge on any atom is -0.504 e. The first-order valence-corrected chi connectivity index (χ1v) is 5.33. The van der Waals surface area contributed by atoms with E-state index >= 15 is 0 Å². The van der Waals surface area contributed by atoms with Crippen molar-refractivity contribution in [1.29, 1.82) is 0 Å². The monoisotopic (exact) mass is 247 g/mol. The molecule has 0 aliphatic carbocycles. The van der Waals surface area contributed by atoms with Gasteiger partial charge in [-0.2, -0.15) is 5.48 Å². The molecule has 1 atom stereocenters. The van der Waals surface area contributed by atoms with Gasteiger partial charge in [0.15, 0.2) is 11.5 Å². The van der Waals surface area contributed by atoms with Crippen LogP contribution < -0.4 is 5.48 Å². The Labute approximate surface area is 104 Å². The van der Waals surface area contributed by atoms with Crippen LogP contribution in [-0.4, -0.2) is 20.5 Å². The number of hydroxylamine groups is 1. The minimum absolute atomic E-state index is 0.263. The van der Waals surface area contributed by atoms with Crippen LogP contribution in [0.2, 0.25) is 0 Å². The third kappa shape index (κ3) is 2.09. The van der Waals surface area contributed by atoms with Gasteiger partial charge in [0.25, 0.3) is 0 Å². The van der Waals surface area contributed by atoms with Crippen molar-refractivity contribution in [3.8, 4) is 17.2 Å². The molecule has 18 heavy (non-hydrogen) atoms. The number of hydrogen-bond donors (Lipinski definition) is 5. The van der Waals surface area contributed by atoms with Crippen molar-refractivity contribution >= 4 is 0 Å². The SMILES string of the molecule is ONC(c1ccccc1)c1ccc(O)c(O)c1O. The number of phenols is 3. The zero-order valence-corrected chi connectivity index (χ0v) is 9.41. The molecule has 2 rings (SSSR count). The maximum absolute atomic E-state index is 9.78. The lowest BCUT2D eigenvalue weighted by atomic mass is 9.98. The molecule has 0 radical (unpaired) electrons. The summed E-state index contributed by atoms with van der Waals surface area (Å²) in [6.07, 6.45) is 0. The molecule has 94 valence electrons. The molecule has 0 aromatic heterocycles. The molecule has 5 nitrogen and oxygen atoms in total. The molecule has 2 aromatic rings. The molecule has 0 aliphatic rings. The summed E-state index contributed by atoms with van der Waals surface area (Å²) in [6.45, 7) is 0. The first kappa shape index (κ1) is 12.2. The summed E-state index contributed by atoms with van der Waals surface area (Å²) in [5, 5.41) is 37.7. The second-order valence-electron chi connectivity index (χ2n) is 3.84. The van der Waals surface area contributed by atoms with Crippen LogP contribution in [0.1, 0.15) is 17.2 Å². The zero-order chi connectivity index (χ0) is 13.1. The average Bonchev–Trinajstić information content (AvgIpc) is 2.41. The van der Waals surface area contributed by atoms with E-state index in [1.807, 2.05) is 6.07 Å².